The van der Waals surface area contributed by atoms with Crippen LogP contribution in [0.1, 0.15) is 24.0 Å². The first kappa shape index (κ1) is 26.2. The molecule has 0 bridgehead atoms. The molecule has 210 valence electrons. The number of carbonyl (C=O) groups excluding carboxylic acids is 2. The second-order valence-corrected chi connectivity index (χ2v) is 10.7. The summed E-state index contributed by atoms with van der Waals surface area (Å²) >= 11 is 6.87. The standard InChI is InChI=1S/C25H23ClF3N7O4/c26-24(36-18-2-1-7-30-20(18)32-22(36)38)5-8-34(9-6-24)23(39)40-19-10-14-3-4-17-15(11-31-33-17)16(14)12-35(21(19)37)13-25(27,28)29/h1-4,7,11,19H,5-6,8-10,12-13H2,(H,31,33)(H,30,32,38)/t19-/m1/s1. The van der Waals surface area contributed by atoms with E-state index < -0.39 is 41.5 Å². The number of halogens is 4. The van der Waals surface area contributed by atoms with Crippen molar-refractivity contribution in [2.45, 2.75) is 43.1 Å². The molecule has 2 aliphatic heterocycles. The minimum absolute atomic E-state index is 0.0829. The quantitative estimate of drug-likeness (QED) is 0.360. The Balaban J connectivity index is 1.21. The Kier molecular flexibility index (Phi) is 6.24. The Morgan fingerprint density at radius 3 is 2.73 bits per heavy atom. The van der Waals surface area contributed by atoms with Gasteiger partial charge in [-0.2, -0.15) is 18.3 Å². The summed E-state index contributed by atoms with van der Waals surface area (Å²) in [7, 11) is 0. The van der Waals surface area contributed by atoms with E-state index in [1.165, 1.54) is 15.7 Å². The molecular weight excluding hydrogens is 555 g/mol. The zero-order valence-corrected chi connectivity index (χ0v) is 21.6. The zero-order valence-electron chi connectivity index (χ0n) is 20.9. The summed E-state index contributed by atoms with van der Waals surface area (Å²) in [5.41, 5.74) is 2.22. The van der Waals surface area contributed by atoms with Crippen LogP contribution in [0.25, 0.3) is 22.1 Å². The number of H-pyrrole nitrogens is 2. The summed E-state index contributed by atoms with van der Waals surface area (Å²) in [6.45, 7) is -1.59. The number of fused-ring (bicyclic) bond motifs is 4. The Morgan fingerprint density at radius 2 is 1.98 bits per heavy atom. The van der Waals surface area contributed by atoms with Gasteiger partial charge in [-0.25, -0.2) is 14.6 Å². The lowest BCUT2D eigenvalue weighted by molar-refractivity contribution is -0.167. The fraction of sp³-hybridized carbons (Fsp3) is 0.400. The van der Waals surface area contributed by atoms with Gasteiger partial charge in [-0.1, -0.05) is 17.7 Å². The summed E-state index contributed by atoms with van der Waals surface area (Å²) in [4.78, 5) is 46.7. The summed E-state index contributed by atoms with van der Waals surface area (Å²) < 4.78 is 47.2. The molecule has 0 unspecified atom stereocenters. The number of pyridine rings is 1. The lowest BCUT2D eigenvalue weighted by Gasteiger charge is -2.38. The number of amides is 2. The number of hydrogen-bond donors (Lipinski definition) is 2. The molecule has 2 N–H and O–H groups in total. The van der Waals surface area contributed by atoms with Crippen molar-refractivity contribution < 1.29 is 27.5 Å². The third-order valence-corrected chi connectivity index (χ3v) is 7.98. The van der Waals surface area contributed by atoms with Gasteiger partial charge >= 0.3 is 18.0 Å². The highest BCUT2D eigenvalue weighted by Gasteiger charge is 2.42. The van der Waals surface area contributed by atoms with Gasteiger partial charge in [0.05, 0.1) is 17.2 Å². The molecule has 0 radical (unpaired) electrons. The fourth-order valence-corrected chi connectivity index (χ4v) is 5.83. The predicted molar refractivity (Wildman–Crippen MR) is 137 cm³/mol. The number of piperidine rings is 1. The minimum Gasteiger partial charge on any atom is -0.436 e. The number of aromatic amines is 2. The number of alkyl halides is 4. The summed E-state index contributed by atoms with van der Waals surface area (Å²) in [6, 6.07) is 6.80. The van der Waals surface area contributed by atoms with Crippen molar-refractivity contribution >= 4 is 45.7 Å². The molecule has 0 spiro atoms. The number of rotatable bonds is 3. The van der Waals surface area contributed by atoms with Gasteiger partial charge in [-0.15, -0.1) is 0 Å². The minimum atomic E-state index is -4.65. The van der Waals surface area contributed by atoms with Crippen LogP contribution in [-0.2, 0) is 27.5 Å². The largest absolute Gasteiger partial charge is 0.436 e. The first-order valence-corrected chi connectivity index (χ1v) is 12.9. The average molecular weight is 578 g/mol. The summed E-state index contributed by atoms with van der Waals surface area (Å²) in [5.74, 6) is -0.930. The molecule has 0 aliphatic carbocycles. The average Bonchev–Trinajstić information content (AvgIpc) is 3.49. The van der Waals surface area contributed by atoms with Gasteiger partial charge in [0.2, 0.25) is 0 Å². The van der Waals surface area contributed by atoms with E-state index in [1.807, 2.05) is 0 Å². The number of hydrogen-bond acceptors (Lipinski definition) is 6. The molecule has 5 heterocycles. The highest BCUT2D eigenvalue weighted by Crippen LogP contribution is 2.36. The van der Waals surface area contributed by atoms with Crippen molar-refractivity contribution in [2.24, 2.45) is 0 Å². The van der Waals surface area contributed by atoms with Crippen LogP contribution in [0.4, 0.5) is 18.0 Å². The maximum Gasteiger partial charge on any atom is 0.410 e. The van der Waals surface area contributed by atoms with Gasteiger partial charge in [0.1, 0.15) is 11.5 Å². The maximum atomic E-state index is 13.4. The molecule has 1 atom stereocenters. The second kappa shape index (κ2) is 9.54. The summed E-state index contributed by atoms with van der Waals surface area (Å²) in [5, 5.41) is 7.33. The van der Waals surface area contributed by atoms with Crippen LogP contribution < -0.4 is 5.69 Å². The van der Waals surface area contributed by atoms with Crippen molar-refractivity contribution in [1.29, 1.82) is 0 Å². The first-order chi connectivity index (χ1) is 19.0. The molecular formula is C25H23ClF3N7O4. The lowest BCUT2D eigenvalue weighted by Crippen LogP contribution is -2.50. The van der Waals surface area contributed by atoms with Crippen LogP contribution in [0.3, 0.4) is 0 Å². The van der Waals surface area contributed by atoms with E-state index in [0.29, 0.717) is 38.1 Å². The summed E-state index contributed by atoms with van der Waals surface area (Å²) in [6.07, 6.45) is -3.61. The molecule has 4 aromatic rings. The van der Waals surface area contributed by atoms with Crippen molar-refractivity contribution in [3.05, 3.63) is 58.3 Å². The molecule has 40 heavy (non-hydrogen) atoms. The van der Waals surface area contributed by atoms with Gasteiger partial charge in [-0.3, -0.25) is 19.4 Å². The highest BCUT2D eigenvalue weighted by atomic mass is 35.5. The van der Waals surface area contributed by atoms with E-state index in [-0.39, 0.29) is 38.9 Å². The number of carbonyl (C=O) groups is 2. The number of imidazole rings is 1. The third kappa shape index (κ3) is 4.65. The molecule has 15 heteroatoms. The number of nitrogens with one attached hydrogen (secondary N) is 2. The molecule has 6 rings (SSSR count). The molecule has 1 aromatic carbocycles. The molecule has 0 saturated carbocycles. The van der Waals surface area contributed by atoms with Crippen LogP contribution in [0, 0.1) is 0 Å². The number of ether oxygens (including phenoxy) is 1. The number of likely N-dealkylation sites (tertiary alicyclic amines) is 1. The van der Waals surface area contributed by atoms with Crippen LogP contribution >= 0.6 is 11.6 Å². The zero-order chi connectivity index (χ0) is 28.2. The Labute approximate surface area is 228 Å². The molecule has 1 fully saturated rings. The van der Waals surface area contributed by atoms with E-state index in [0.717, 1.165) is 0 Å². The van der Waals surface area contributed by atoms with Gasteiger partial charge < -0.3 is 14.5 Å². The van der Waals surface area contributed by atoms with Crippen molar-refractivity contribution in [3.8, 4) is 0 Å². The molecule has 11 nitrogen and oxygen atoms in total. The first-order valence-electron chi connectivity index (χ1n) is 12.5. The van der Waals surface area contributed by atoms with Gasteiger partial charge in [-0.05, 0) is 29.3 Å². The predicted octanol–water partition coefficient (Wildman–Crippen LogP) is 3.24. The smallest absolute Gasteiger partial charge is 0.410 e. The Bertz CT molecular complexity index is 1670. The van der Waals surface area contributed by atoms with Gasteiger partial charge in [0.15, 0.2) is 11.8 Å². The number of benzene rings is 1. The second-order valence-electron chi connectivity index (χ2n) is 9.96. The molecule has 3 aromatic heterocycles. The van der Waals surface area contributed by atoms with E-state index >= 15 is 0 Å². The topological polar surface area (TPSA) is 129 Å². The van der Waals surface area contributed by atoms with E-state index in [2.05, 4.69) is 20.2 Å². The lowest BCUT2D eigenvalue weighted by atomic mass is 10.00. The highest BCUT2D eigenvalue weighted by molar-refractivity contribution is 6.22. The van der Waals surface area contributed by atoms with Crippen LogP contribution in [0.15, 0.2) is 41.5 Å². The van der Waals surface area contributed by atoms with Crippen molar-refractivity contribution in [3.63, 3.8) is 0 Å². The van der Waals surface area contributed by atoms with Crippen LogP contribution in [-0.4, -0.2) is 78.4 Å². The van der Waals surface area contributed by atoms with E-state index in [4.69, 9.17) is 16.3 Å². The fourth-order valence-electron chi connectivity index (χ4n) is 5.49. The maximum absolute atomic E-state index is 13.4. The van der Waals surface area contributed by atoms with Gasteiger partial charge in [0, 0.05) is 50.5 Å². The SMILES string of the molecule is O=C(O[C@@H]1Cc2ccc3[nH]ncc3c2CN(CC(F)(F)F)C1=O)N1CCC(Cl)(n2c(=O)[nH]c3ncccc32)CC1. The molecule has 2 aliphatic rings. The molecule has 1 saturated heterocycles. The van der Waals surface area contributed by atoms with Crippen LogP contribution in [0.5, 0.6) is 0 Å². The van der Waals surface area contributed by atoms with E-state index in [9.17, 15) is 27.6 Å². The number of aromatic nitrogens is 5. The Morgan fingerprint density at radius 1 is 1.20 bits per heavy atom. The van der Waals surface area contributed by atoms with Crippen molar-refractivity contribution in [2.75, 3.05) is 19.6 Å². The third-order valence-electron chi connectivity index (χ3n) is 7.43. The van der Waals surface area contributed by atoms with Crippen molar-refractivity contribution in [1.82, 2.24) is 34.5 Å². The van der Waals surface area contributed by atoms with Crippen LogP contribution in [0.2, 0.25) is 0 Å². The number of nitrogens with zero attached hydrogens (tertiary/aromatic N) is 5. The van der Waals surface area contributed by atoms with E-state index in [1.54, 1.807) is 30.5 Å². The Hall–Kier alpha value is -4.07. The molecule has 2 amide bonds. The monoisotopic (exact) mass is 577 g/mol. The van der Waals surface area contributed by atoms with Gasteiger partial charge in [0.25, 0.3) is 5.91 Å². The normalized spacial score (nSPS) is 19.6.